The molecule has 1 saturated heterocycles. The van der Waals surface area contributed by atoms with Gasteiger partial charge >= 0.3 is 6.18 Å². The number of benzene rings is 1. The third kappa shape index (κ3) is 4.61. The lowest BCUT2D eigenvalue weighted by Gasteiger charge is -2.30. The summed E-state index contributed by atoms with van der Waals surface area (Å²) in [6.45, 7) is 3.58. The van der Waals surface area contributed by atoms with E-state index in [1.807, 2.05) is 6.92 Å². The lowest BCUT2D eigenvalue weighted by molar-refractivity contribution is -0.137. The first-order valence-electron chi connectivity index (χ1n) is 9.79. The molecule has 0 radical (unpaired) electrons. The normalized spacial score (nSPS) is 17.2. The van der Waals surface area contributed by atoms with Gasteiger partial charge in [0.15, 0.2) is 6.10 Å². The molecule has 11 heteroatoms. The number of amides is 1. The van der Waals surface area contributed by atoms with E-state index in [0.717, 1.165) is 25.1 Å². The van der Waals surface area contributed by atoms with E-state index in [4.69, 9.17) is 9.26 Å². The zero-order valence-electron chi connectivity index (χ0n) is 16.7. The van der Waals surface area contributed by atoms with Crippen LogP contribution in [0.5, 0.6) is 0 Å². The van der Waals surface area contributed by atoms with Crippen molar-refractivity contribution in [2.75, 3.05) is 19.7 Å². The SMILES string of the molecule is CCCn1cc(C(=O)N2CCO[C@H](c3nc(-c4cccc(C(F)(F)F)c4)no3)C2)cn1. The first kappa shape index (κ1) is 21.0. The maximum absolute atomic E-state index is 13.0. The second kappa shape index (κ2) is 8.50. The highest BCUT2D eigenvalue weighted by molar-refractivity contribution is 5.93. The molecule has 0 spiro atoms. The molecule has 164 valence electrons. The number of hydrogen-bond donors (Lipinski definition) is 0. The number of hydrogen-bond acceptors (Lipinski definition) is 6. The second-order valence-corrected chi connectivity index (χ2v) is 7.14. The fraction of sp³-hybridized carbons (Fsp3) is 0.400. The van der Waals surface area contributed by atoms with Crippen LogP contribution in [0, 0.1) is 0 Å². The highest BCUT2D eigenvalue weighted by atomic mass is 19.4. The van der Waals surface area contributed by atoms with Gasteiger partial charge in [0, 0.05) is 24.8 Å². The zero-order chi connectivity index (χ0) is 22.0. The number of alkyl halides is 3. The van der Waals surface area contributed by atoms with E-state index in [-0.39, 0.29) is 36.3 Å². The molecule has 8 nitrogen and oxygen atoms in total. The summed E-state index contributed by atoms with van der Waals surface area (Å²) in [5, 5.41) is 7.96. The number of aromatic nitrogens is 4. The van der Waals surface area contributed by atoms with Gasteiger partial charge in [0.05, 0.1) is 30.5 Å². The van der Waals surface area contributed by atoms with E-state index in [0.29, 0.717) is 12.1 Å². The smallest absolute Gasteiger partial charge is 0.365 e. The summed E-state index contributed by atoms with van der Waals surface area (Å²) in [4.78, 5) is 18.6. The summed E-state index contributed by atoms with van der Waals surface area (Å²) < 4.78 is 51.5. The van der Waals surface area contributed by atoms with Gasteiger partial charge in [-0.25, -0.2) is 0 Å². The molecule has 1 atom stereocenters. The van der Waals surface area contributed by atoms with E-state index in [2.05, 4.69) is 15.2 Å². The molecular formula is C20H20F3N5O3. The largest absolute Gasteiger partial charge is 0.416 e. The minimum absolute atomic E-state index is 0.0222. The molecule has 0 unspecified atom stereocenters. The van der Waals surface area contributed by atoms with Crippen LogP contribution in [0.4, 0.5) is 13.2 Å². The van der Waals surface area contributed by atoms with Crippen LogP contribution in [0.3, 0.4) is 0 Å². The average Bonchev–Trinajstić information content (AvgIpc) is 3.43. The first-order valence-corrected chi connectivity index (χ1v) is 9.79. The Bertz CT molecular complexity index is 1060. The Hall–Kier alpha value is -3.21. The summed E-state index contributed by atoms with van der Waals surface area (Å²) in [5.41, 5.74) is -0.146. The highest BCUT2D eigenvalue weighted by Gasteiger charge is 2.32. The average molecular weight is 435 g/mol. The van der Waals surface area contributed by atoms with Gasteiger partial charge < -0.3 is 14.2 Å². The number of rotatable bonds is 5. The van der Waals surface area contributed by atoms with E-state index < -0.39 is 17.8 Å². The third-order valence-corrected chi connectivity index (χ3v) is 4.85. The van der Waals surface area contributed by atoms with Crippen LogP contribution in [-0.2, 0) is 17.5 Å². The fourth-order valence-electron chi connectivity index (χ4n) is 3.31. The Morgan fingerprint density at radius 2 is 2.16 bits per heavy atom. The number of carbonyl (C=O) groups is 1. The van der Waals surface area contributed by atoms with Gasteiger partial charge in [-0.1, -0.05) is 24.2 Å². The Kier molecular flexibility index (Phi) is 5.77. The molecule has 1 aliphatic rings. The third-order valence-electron chi connectivity index (χ3n) is 4.85. The van der Waals surface area contributed by atoms with Crippen molar-refractivity contribution < 1.29 is 27.2 Å². The molecule has 0 N–H and O–H groups in total. The summed E-state index contributed by atoms with van der Waals surface area (Å²) in [5.74, 6) is -0.0612. The van der Waals surface area contributed by atoms with Gasteiger partial charge in [0.25, 0.3) is 11.8 Å². The van der Waals surface area contributed by atoms with Gasteiger partial charge in [-0.15, -0.1) is 0 Å². The first-order chi connectivity index (χ1) is 14.8. The summed E-state index contributed by atoms with van der Waals surface area (Å²) in [6.07, 6.45) is -1.01. The van der Waals surface area contributed by atoms with Crippen LogP contribution in [0.15, 0.2) is 41.2 Å². The van der Waals surface area contributed by atoms with Crippen LogP contribution in [0.25, 0.3) is 11.4 Å². The van der Waals surface area contributed by atoms with E-state index in [1.165, 1.54) is 18.3 Å². The summed E-state index contributed by atoms with van der Waals surface area (Å²) >= 11 is 0. The monoisotopic (exact) mass is 435 g/mol. The number of aryl methyl sites for hydroxylation is 1. The molecule has 2 aromatic heterocycles. The Morgan fingerprint density at radius 3 is 2.94 bits per heavy atom. The van der Waals surface area contributed by atoms with Crippen molar-refractivity contribution in [3.8, 4) is 11.4 Å². The van der Waals surface area contributed by atoms with Gasteiger partial charge in [0.2, 0.25) is 5.82 Å². The van der Waals surface area contributed by atoms with Crippen molar-refractivity contribution in [3.63, 3.8) is 0 Å². The molecule has 1 aromatic carbocycles. The highest BCUT2D eigenvalue weighted by Crippen LogP contribution is 2.32. The molecule has 3 aromatic rings. The Labute approximate surface area is 175 Å². The van der Waals surface area contributed by atoms with Gasteiger partial charge in [-0.2, -0.15) is 23.3 Å². The number of ether oxygens (including phenoxy) is 1. The van der Waals surface area contributed by atoms with Crippen LogP contribution in [0.1, 0.15) is 41.3 Å². The quantitative estimate of drug-likeness (QED) is 0.609. The molecule has 0 aliphatic carbocycles. The van der Waals surface area contributed by atoms with Gasteiger partial charge in [-0.05, 0) is 18.6 Å². The topological polar surface area (TPSA) is 86.3 Å². The van der Waals surface area contributed by atoms with Crippen molar-refractivity contribution in [2.45, 2.75) is 32.2 Å². The standard InChI is InChI=1S/C20H20F3N5O3/c1-2-6-28-11-14(10-24-28)19(29)27-7-8-30-16(12-27)18-25-17(26-31-18)13-4-3-5-15(9-13)20(21,22)23/h3-5,9-11,16H,2,6-8,12H2,1H3/t16-/m0/s1. The number of morpholine rings is 1. The fourth-order valence-corrected chi connectivity index (χ4v) is 3.31. The molecule has 0 saturated carbocycles. The molecule has 4 rings (SSSR count). The van der Waals surface area contributed by atoms with Crippen molar-refractivity contribution in [1.82, 2.24) is 24.8 Å². The second-order valence-electron chi connectivity index (χ2n) is 7.14. The number of halogens is 3. The van der Waals surface area contributed by atoms with Crippen molar-refractivity contribution in [2.24, 2.45) is 0 Å². The van der Waals surface area contributed by atoms with Crippen LogP contribution >= 0.6 is 0 Å². The van der Waals surface area contributed by atoms with Gasteiger partial charge in [0.1, 0.15) is 0 Å². The van der Waals surface area contributed by atoms with Crippen molar-refractivity contribution in [1.29, 1.82) is 0 Å². The molecule has 3 heterocycles. The van der Waals surface area contributed by atoms with Crippen molar-refractivity contribution >= 4 is 5.91 Å². The minimum Gasteiger partial charge on any atom is -0.365 e. The van der Waals surface area contributed by atoms with Crippen LogP contribution in [-0.4, -0.2) is 50.4 Å². The Morgan fingerprint density at radius 1 is 1.32 bits per heavy atom. The van der Waals surface area contributed by atoms with Crippen LogP contribution in [0.2, 0.25) is 0 Å². The molecule has 0 bridgehead atoms. The van der Waals surface area contributed by atoms with E-state index >= 15 is 0 Å². The van der Waals surface area contributed by atoms with E-state index in [1.54, 1.807) is 15.8 Å². The number of nitrogens with zero attached hydrogens (tertiary/aromatic N) is 5. The lowest BCUT2D eigenvalue weighted by Crippen LogP contribution is -2.42. The summed E-state index contributed by atoms with van der Waals surface area (Å²) in [6, 6.07) is 4.68. The number of carbonyl (C=O) groups excluding carboxylic acids is 1. The zero-order valence-corrected chi connectivity index (χ0v) is 16.7. The summed E-state index contributed by atoms with van der Waals surface area (Å²) in [7, 11) is 0. The maximum atomic E-state index is 13.0. The molecular weight excluding hydrogens is 415 g/mol. The molecule has 1 fully saturated rings. The molecule has 1 amide bonds. The van der Waals surface area contributed by atoms with Crippen LogP contribution < -0.4 is 0 Å². The Balaban J connectivity index is 1.48. The minimum atomic E-state index is -4.47. The van der Waals surface area contributed by atoms with Crippen molar-refractivity contribution in [3.05, 3.63) is 53.7 Å². The molecule has 1 aliphatic heterocycles. The van der Waals surface area contributed by atoms with Gasteiger partial charge in [-0.3, -0.25) is 9.48 Å². The predicted molar refractivity (Wildman–Crippen MR) is 102 cm³/mol. The maximum Gasteiger partial charge on any atom is 0.416 e. The lowest BCUT2D eigenvalue weighted by atomic mass is 10.1. The molecule has 31 heavy (non-hydrogen) atoms. The predicted octanol–water partition coefficient (Wildman–Crippen LogP) is 3.58. The van der Waals surface area contributed by atoms with E-state index in [9.17, 15) is 18.0 Å².